The first-order valence-corrected chi connectivity index (χ1v) is 11.1. The summed E-state index contributed by atoms with van der Waals surface area (Å²) in [6.07, 6.45) is 1.83. The fourth-order valence-corrected chi connectivity index (χ4v) is 4.28. The first-order chi connectivity index (χ1) is 15.4. The van der Waals surface area contributed by atoms with Gasteiger partial charge in [0, 0.05) is 37.5 Å². The third-order valence-corrected chi connectivity index (χ3v) is 6.21. The van der Waals surface area contributed by atoms with Gasteiger partial charge >= 0.3 is 5.97 Å². The number of hydrogen-bond acceptors (Lipinski definition) is 7. The highest BCUT2D eigenvalue weighted by Crippen LogP contribution is 2.35. The molecular formula is C24H27N3O4S. The highest BCUT2D eigenvalue weighted by Gasteiger charge is 2.30. The Morgan fingerprint density at radius 2 is 1.81 bits per heavy atom. The number of esters is 1. The second kappa shape index (κ2) is 10.4. The van der Waals surface area contributed by atoms with E-state index in [4.69, 9.17) is 9.47 Å². The summed E-state index contributed by atoms with van der Waals surface area (Å²) in [4.78, 5) is 33.3. The average molecular weight is 454 g/mol. The molecule has 1 saturated heterocycles. The summed E-state index contributed by atoms with van der Waals surface area (Å²) in [6.45, 7) is 6.03. The van der Waals surface area contributed by atoms with Crippen LogP contribution in [0.15, 0.2) is 52.4 Å². The van der Waals surface area contributed by atoms with Crippen LogP contribution < -0.4 is 9.64 Å². The molecule has 2 aromatic rings. The zero-order chi connectivity index (χ0) is 23.3. The molecule has 7 nitrogen and oxygen atoms in total. The molecule has 1 aliphatic heterocycles. The molecule has 8 heteroatoms. The van der Waals surface area contributed by atoms with Crippen LogP contribution in [-0.2, 0) is 9.53 Å². The van der Waals surface area contributed by atoms with Gasteiger partial charge in [-0.05, 0) is 68.1 Å². The summed E-state index contributed by atoms with van der Waals surface area (Å²) in [5.41, 5.74) is 2.99. The SMILES string of the molecule is CCN(CC)c1ccc(C=C2SC(=Nc3ccc(C(=O)OC)cc3)N(C)C2=O)c(OC)c1. The van der Waals surface area contributed by atoms with Crippen molar-refractivity contribution in [1.82, 2.24) is 4.90 Å². The van der Waals surface area contributed by atoms with Crippen molar-refractivity contribution in [1.29, 1.82) is 0 Å². The van der Waals surface area contributed by atoms with Crippen molar-refractivity contribution in [3.63, 3.8) is 0 Å². The molecule has 2 aromatic carbocycles. The van der Waals surface area contributed by atoms with Crippen LogP contribution in [0, 0.1) is 0 Å². The predicted molar refractivity (Wildman–Crippen MR) is 130 cm³/mol. The number of amides is 1. The van der Waals surface area contributed by atoms with Gasteiger partial charge in [-0.15, -0.1) is 0 Å². The number of carbonyl (C=O) groups excluding carboxylic acids is 2. The van der Waals surface area contributed by atoms with E-state index >= 15 is 0 Å². The lowest BCUT2D eigenvalue weighted by Gasteiger charge is -2.22. The summed E-state index contributed by atoms with van der Waals surface area (Å²) in [5.74, 6) is 0.175. The molecule has 0 unspecified atom stereocenters. The highest BCUT2D eigenvalue weighted by molar-refractivity contribution is 8.18. The number of aliphatic imine (C=N–C) groups is 1. The van der Waals surface area contributed by atoms with Crippen LogP contribution >= 0.6 is 11.8 Å². The van der Waals surface area contributed by atoms with E-state index in [2.05, 4.69) is 23.7 Å². The summed E-state index contributed by atoms with van der Waals surface area (Å²) in [7, 11) is 4.66. The van der Waals surface area contributed by atoms with Gasteiger partial charge < -0.3 is 14.4 Å². The van der Waals surface area contributed by atoms with Gasteiger partial charge in [-0.1, -0.05) is 0 Å². The Bertz CT molecular complexity index is 1060. The summed E-state index contributed by atoms with van der Waals surface area (Å²) < 4.78 is 10.3. The van der Waals surface area contributed by atoms with Crippen molar-refractivity contribution >= 4 is 46.3 Å². The Hall–Kier alpha value is -3.26. The molecule has 1 heterocycles. The van der Waals surface area contributed by atoms with Gasteiger partial charge in [0.05, 0.1) is 30.4 Å². The molecule has 1 aliphatic rings. The van der Waals surface area contributed by atoms with Crippen LogP contribution in [0.1, 0.15) is 29.8 Å². The van der Waals surface area contributed by atoms with E-state index in [0.29, 0.717) is 27.1 Å². The molecule has 0 atom stereocenters. The standard InChI is InChI=1S/C24H27N3O4S/c1-6-27(7-2)19-13-10-17(20(15-19)30-4)14-21-22(28)26(3)24(32-21)25-18-11-8-16(9-12-18)23(29)31-5/h8-15H,6-7H2,1-5H3. The fourth-order valence-electron chi connectivity index (χ4n) is 3.30. The highest BCUT2D eigenvalue weighted by atomic mass is 32.2. The molecule has 168 valence electrons. The molecule has 0 radical (unpaired) electrons. The molecule has 0 bridgehead atoms. The second-order valence-electron chi connectivity index (χ2n) is 7.01. The third kappa shape index (κ3) is 4.96. The van der Waals surface area contributed by atoms with Gasteiger partial charge in [-0.2, -0.15) is 0 Å². The van der Waals surface area contributed by atoms with Gasteiger partial charge in [0.15, 0.2) is 5.17 Å². The van der Waals surface area contributed by atoms with Crippen LogP contribution in [0.2, 0.25) is 0 Å². The molecule has 0 aliphatic carbocycles. The zero-order valence-electron chi connectivity index (χ0n) is 18.9. The minimum Gasteiger partial charge on any atom is -0.496 e. The van der Waals surface area contributed by atoms with Crippen molar-refractivity contribution in [2.45, 2.75) is 13.8 Å². The number of anilines is 1. The number of ether oxygens (including phenoxy) is 2. The first kappa shape index (κ1) is 23.4. The van der Waals surface area contributed by atoms with E-state index in [1.165, 1.54) is 23.8 Å². The van der Waals surface area contributed by atoms with Crippen molar-refractivity contribution < 1.29 is 19.1 Å². The van der Waals surface area contributed by atoms with Crippen molar-refractivity contribution in [3.05, 3.63) is 58.5 Å². The van der Waals surface area contributed by atoms with Crippen LogP contribution in [0.3, 0.4) is 0 Å². The van der Waals surface area contributed by atoms with Crippen LogP contribution in [-0.4, -0.2) is 56.3 Å². The van der Waals surface area contributed by atoms with Crippen molar-refractivity contribution in [3.8, 4) is 5.75 Å². The molecule has 32 heavy (non-hydrogen) atoms. The number of thioether (sulfide) groups is 1. The number of nitrogens with zero attached hydrogens (tertiary/aromatic N) is 3. The molecule has 0 spiro atoms. The summed E-state index contributed by atoms with van der Waals surface area (Å²) >= 11 is 1.30. The summed E-state index contributed by atoms with van der Waals surface area (Å²) in [5, 5.41) is 0.561. The van der Waals surface area contributed by atoms with E-state index < -0.39 is 5.97 Å². The zero-order valence-corrected chi connectivity index (χ0v) is 19.7. The van der Waals surface area contributed by atoms with Crippen LogP contribution in [0.4, 0.5) is 11.4 Å². The van der Waals surface area contributed by atoms with Crippen molar-refractivity contribution in [2.24, 2.45) is 4.99 Å². The maximum absolute atomic E-state index is 12.8. The number of rotatable bonds is 7. The third-order valence-electron chi connectivity index (χ3n) is 5.15. The lowest BCUT2D eigenvalue weighted by Crippen LogP contribution is -2.23. The Morgan fingerprint density at radius 1 is 1.12 bits per heavy atom. The number of carbonyl (C=O) groups is 2. The van der Waals surface area contributed by atoms with Gasteiger partial charge in [0.2, 0.25) is 0 Å². The van der Waals surface area contributed by atoms with Crippen LogP contribution in [0.5, 0.6) is 5.75 Å². The molecule has 1 amide bonds. The van der Waals surface area contributed by atoms with Gasteiger partial charge in [-0.25, -0.2) is 9.79 Å². The quantitative estimate of drug-likeness (QED) is 0.452. The normalized spacial score (nSPS) is 16.0. The molecule has 0 saturated carbocycles. The molecule has 3 rings (SSSR count). The van der Waals surface area contributed by atoms with Gasteiger partial charge in [-0.3, -0.25) is 9.69 Å². The number of likely N-dealkylation sites (N-methyl/N-ethyl adjacent to an activating group) is 1. The Kier molecular flexibility index (Phi) is 7.58. The summed E-state index contributed by atoms with van der Waals surface area (Å²) in [6, 6.07) is 12.7. The monoisotopic (exact) mass is 453 g/mol. The second-order valence-corrected chi connectivity index (χ2v) is 8.02. The van der Waals surface area contributed by atoms with E-state index in [1.54, 1.807) is 38.4 Å². The lowest BCUT2D eigenvalue weighted by atomic mass is 10.1. The maximum atomic E-state index is 12.8. The van der Waals surface area contributed by atoms with E-state index in [1.807, 2.05) is 24.3 Å². The number of benzene rings is 2. The number of amidine groups is 1. The average Bonchev–Trinajstić information content (AvgIpc) is 3.08. The van der Waals surface area contributed by atoms with Crippen molar-refractivity contribution in [2.75, 3.05) is 39.3 Å². The molecule has 0 N–H and O–H groups in total. The Morgan fingerprint density at radius 3 is 2.41 bits per heavy atom. The first-order valence-electron chi connectivity index (χ1n) is 10.3. The van der Waals surface area contributed by atoms with Gasteiger partial charge in [0.25, 0.3) is 5.91 Å². The van der Waals surface area contributed by atoms with E-state index in [9.17, 15) is 9.59 Å². The Labute approximate surface area is 192 Å². The lowest BCUT2D eigenvalue weighted by molar-refractivity contribution is -0.121. The van der Waals surface area contributed by atoms with Gasteiger partial charge in [0.1, 0.15) is 5.75 Å². The Balaban J connectivity index is 1.86. The number of methoxy groups -OCH3 is 2. The van der Waals surface area contributed by atoms with Crippen LogP contribution in [0.25, 0.3) is 6.08 Å². The predicted octanol–water partition coefficient (Wildman–Crippen LogP) is 4.56. The topological polar surface area (TPSA) is 71.4 Å². The molecule has 1 fully saturated rings. The molecular weight excluding hydrogens is 426 g/mol. The largest absolute Gasteiger partial charge is 0.496 e. The fraction of sp³-hybridized carbons (Fsp3) is 0.292. The van der Waals surface area contributed by atoms with E-state index in [-0.39, 0.29) is 5.91 Å². The smallest absolute Gasteiger partial charge is 0.337 e. The minimum absolute atomic E-state index is 0.130. The minimum atomic E-state index is -0.405. The number of hydrogen-bond donors (Lipinski definition) is 0. The molecule has 0 aromatic heterocycles. The van der Waals surface area contributed by atoms with E-state index in [0.717, 1.165) is 24.3 Å². The maximum Gasteiger partial charge on any atom is 0.337 e.